The quantitative estimate of drug-likeness (QED) is 0.770. The minimum absolute atomic E-state index is 0.144. The van der Waals surface area contributed by atoms with Gasteiger partial charge in [0.05, 0.1) is 0 Å². The lowest BCUT2D eigenvalue weighted by Crippen LogP contribution is -2.17. The fraction of sp³-hybridized carbons (Fsp3) is 0.222. The summed E-state index contributed by atoms with van der Waals surface area (Å²) in [4.78, 5) is 0. The van der Waals surface area contributed by atoms with Gasteiger partial charge in [0.25, 0.3) is 0 Å². The molecular weight excluding hydrogens is 260 g/mol. The molecule has 3 heteroatoms. The minimum atomic E-state index is 0.144. The van der Waals surface area contributed by atoms with Crippen molar-refractivity contribution in [3.05, 3.63) is 65.9 Å². The predicted octanol–water partition coefficient (Wildman–Crippen LogP) is 3.28. The number of para-hydroxylation sites is 1. The van der Waals surface area contributed by atoms with Crippen LogP contribution in [0, 0.1) is 0 Å². The van der Waals surface area contributed by atoms with Crippen LogP contribution in [0.25, 0.3) is 10.9 Å². The van der Waals surface area contributed by atoms with Crippen molar-refractivity contribution in [2.75, 3.05) is 0 Å². The minimum Gasteiger partial charge on any atom is -0.508 e. The number of rotatable bonds is 4. The second-order valence-corrected chi connectivity index (χ2v) is 5.65. The molecule has 0 saturated carbocycles. The Balaban J connectivity index is 2.02. The summed E-state index contributed by atoms with van der Waals surface area (Å²) in [5, 5.41) is 10.9. The average Bonchev–Trinajstić information content (AvgIpc) is 2.77. The summed E-state index contributed by atoms with van der Waals surface area (Å²) in [6, 6.07) is 15.9. The standard InChI is InChI=1S/C18H20N2O/c1-13(19)9-15-12-20(18-8-3-2-7-17(15)18)11-14-5-4-6-16(21)10-14/h2-8,10,12-13,21H,9,11,19H2,1H3. The second kappa shape index (κ2) is 5.62. The number of fused-ring (bicyclic) bond motifs is 1. The van der Waals surface area contributed by atoms with Gasteiger partial charge in [-0.3, -0.25) is 0 Å². The Morgan fingerprint density at radius 2 is 1.95 bits per heavy atom. The first kappa shape index (κ1) is 13.7. The van der Waals surface area contributed by atoms with Crippen molar-refractivity contribution >= 4 is 10.9 Å². The summed E-state index contributed by atoms with van der Waals surface area (Å²) >= 11 is 0. The van der Waals surface area contributed by atoms with E-state index in [4.69, 9.17) is 5.73 Å². The van der Waals surface area contributed by atoms with E-state index in [-0.39, 0.29) is 6.04 Å². The molecule has 1 aromatic heterocycles. The Hall–Kier alpha value is -2.26. The van der Waals surface area contributed by atoms with Crippen molar-refractivity contribution in [3.63, 3.8) is 0 Å². The molecule has 0 spiro atoms. The van der Waals surface area contributed by atoms with Gasteiger partial charge in [-0.15, -0.1) is 0 Å². The normalized spacial score (nSPS) is 12.7. The molecule has 108 valence electrons. The molecule has 0 saturated heterocycles. The van der Waals surface area contributed by atoms with Crippen LogP contribution >= 0.6 is 0 Å². The molecule has 0 bridgehead atoms. The van der Waals surface area contributed by atoms with Crippen LogP contribution in [0.15, 0.2) is 54.7 Å². The molecule has 0 aliphatic heterocycles. The number of phenolic OH excluding ortho intramolecular Hbond substituents is 1. The summed E-state index contributed by atoms with van der Waals surface area (Å²) in [7, 11) is 0. The number of hydrogen-bond acceptors (Lipinski definition) is 2. The lowest BCUT2D eigenvalue weighted by atomic mass is 10.1. The molecule has 0 amide bonds. The molecule has 0 fully saturated rings. The number of aromatic nitrogens is 1. The van der Waals surface area contributed by atoms with Gasteiger partial charge in [-0.1, -0.05) is 30.3 Å². The Labute approximate surface area is 124 Å². The maximum atomic E-state index is 9.60. The van der Waals surface area contributed by atoms with Crippen LogP contribution in [0.3, 0.4) is 0 Å². The first-order chi connectivity index (χ1) is 10.1. The monoisotopic (exact) mass is 280 g/mol. The Kier molecular flexibility index (Phi) is 3.67. The maximum absolute atomic E-state index is 9.60. The lowest BCUT2D eigenvalue weighted by Gasteiger charge is -2.06. The Morgan fingerprint density at radius 3 is 2.71 bits per heavy atom. The number of hydrogen-bond donors (Lipinski definition) is 2. The van der Waals surface area contributed by atoms with Crippen molar-refractivity contribution in [1.29, 1.82) is 0 Å². The zero-order chi connectivity index (χ0) is 14.8. The SMILES string of the molecule is CC(N)Cc1cn(Cc2cccc(O)c2)c2ccccc12. The first-order valence-electron chi connectivity index (χ1n) is 7.24. The fourth-order valence-corrected chi connectivity index (χ4v) is 2.81. The number of aromatic hydroxyl groups is 1. The van der Waals surface area contributed by atoms with Crippen molar-refractivity contribution < 1.29 is 5.11 Å². The van der Waals surface area contributed by atoms with E-state index in [0.29, 0.717) is 5.75 Å². The van der Waals surface area contributed by atoms with Gasteiger partial charge in [0.15, 0.2) is 0 Å². The highest BCUT2D eigenvalue weighted by Gasteiger charge is 2.10. The van der Waals surface area contributed by atoms with Crippen molar-refractivity contribution in [3.8, 4) is 5.75 Å². The van der Waals surface area contributed by atoms with Crippen molar-refractivity contribution in [2.45, 2.75) is 25.9 Å². The molecule has 0 radical (unpaired) electrons. The van der Waals surface area contributed by atoms with Gasteiger partial charge in [-0.05, 0) is 42.7 Å². The van der Waals surface area contributed by atoms with Gasteiger partial charge in [-0.25, -0.2) is 0 Å². The van der Waals surface area contributed by atoms with Gasteiger partial charge in [0.2, 0.25) is 0 Å². The molecular formula is C18H20N2O. The highest BCUT2D eigenvalue weighted by atomic mass is 16.3. The first-order valence-corrected chi connectivity index (χ1v) is 7.24. The van der Waals surface area contributed by atoms with Crippen LogP contribution < -0.4 is 5.73 Å². The summed E-state index contributed by atoms with van der Waals surface area (Å²) in [6.07, 6.45) is 3.05. The van der Waals surface area contributed by atoms with Crippen LogP contribution in [-0.4, -0.2) is 15.7 Å². The van der Waals surface area contributed by atoms with Gasteiger partial charge in [0, 0.05) is 29.7 Å². The molecule has 0 aliphatic carbocycles. The van der Waals surface area contributed by atoms with Crippen LogP contribution in [0.5, 0.6) is 5.75 Å². The van der Waals surface area contributed by atoms with Gasteiger partial charge in [-0.2, -0.15) is 0 Å². The summed E-state index contributed by atoms with van der Waals surface area (Å²) < 4.78 is 2.22. The summed E-state index contributed by atoms with van der Waals surface area (Å²) in [5.41, 5.74) is 9.52. The lowest BCUT2D eigenvalue weighted by molar-refractivity contribution is 0.474. The molecule has 2 aromatic carbocycles. The van der Waals surface area contributed by atoms with Crippen LogP contribution in [0.2, 0.25) is 0 Å². The van der Waals surface area contributed by atoms with E-state index in [2.05, 4.69) is 35.0 Å². The third kappa shape index (κ3) is 2.93. The second-order valence-electron chi connectivity index (χ2n) is 5.65. The largest absolute Gasteiger partial charge is 0.508 e. The molecule has 3 nitrogen and oxygen atoms in total. The fourth-order valence-electron chi connectivity index (χ4n) is 2.81. The van der Waals surface area contributed by atoms with E-state index in [1.165, 1.54) is 16.5 Å². The van der Waals surface area contributed by atoms with Crippen molar-refractivity contribution in [1.82, 2.24) is 4.57 Å². The zero-order valence-electron chi connectivity index (χ0n) is 12.2. The van der Waals surface area contributed by atoms with E-state index in [1.54, 1.807) is 12.1 Å². The van der Waals surface area contributed by atoms with E-state index in [1.807, 2.05) is 19.1 Å². The van der Waals surface area contributed by atoms with Gasteiger partial charge in [0.1, 0.15) is 5.75 Å². The molecule has 3 aromatic rings. The number of nitrogens with zero attached hydrogens (tertiary/aromatic N) is 1. The van der Waals surface area contributed by atoms with E-state index >= 15 is 0 Å². The maximum Gasteiger partial charge on any atom is 0.115 e. The van der Waals surface area contributed by atoms with Crippen LogP contribution in [0.4, 0.5) is 0 Å². The molecule has 1 unspecified atom stereocenters. The predicted molar refractivity (Wildman–Crippen MR) is 86.5 cm³/mol. The van der Waals surface area contributed by atoms with Crippen molar-refractivity contribution in [2.24, 2.45) is 5.73 Å². The zero-order valence-corrected chi connectivity index (χ0v) is 12.2. The number of nitrogens with two attached hydrogens (primary N) is 1. The third-order valence-electron chi connectivity index (χ3n) is 3.68. The van der Waals surface area contributed by atoms with E-state index < -0.39 is 0 Å². The summed E-state index contributed by atoms with van der Waals surface area (Å²) in [5.74, 6) is 0.305. The van der Waals surface area contributed by atoms with Crippen LogP contribution in [-0.2, 0) is 13.0 Å². The highest BCUT2D eigenvalue weighted by Crippen LogP contribution is 2.24. The molecule has 3 rings (SSSR count). The van der Waals surface area contributed by atoms with Gasteiger partial charge >= 0.3 is 0 Å². The highest BCUT2D eigenvalue weighted by molar-refractivity contribution is 5.84. The van der Waals surface area contributed by atoms with Gasteiger partial charge < -0.3 is 15.4 Å². The Bertz CT molecular complexity index is 759. The molecule has 1 heterocycles. The Morgan fingerprint density at radius 1 is 1.14 bits per heavy atom. The molecule has 3 N–H and O–H groups in total. The third-order valence-corrected chi connectivity index (χ3v) is 3.68. The van der Waals surface area contributed by atoms with Crippen LogP contribution in [0.1, 0.15) is 18.1 Å². The van der Waals surface area contributed by atoms with E-state index in [0.717, 1.165) is 18.5 Å². The smallest absolute Gasteiger partial charge is 0.115 e. The van der Waals surface area contributed by atoms with E-state index in [9.17, 15) is 5.11 Å². The molecule has 1 atom stereocenters. The average molecular weight is 280 g/mol. The molecule has 21 heavy (non-hydrogen) atoms. The molecule has 0 aliphatic rings. The number of benzene rings is 2. The number of phenols is 1. The topological polar surface area (TPSA) is 51.2 Å². The summed E-state index contributed by atoms with van der Waals surface area (Å²) in [6.45, 7) is 2.77.